The summed E-state index contributed by atoms with van der Waals surface area (Å²) in [6.07, 6.45) is -6.08. The van der Waals surface area contributed by atoms with E-state index in [4.69, 9.17) is 0 Å². The maximum Gasteiger partial charge on any atom is 0.407 e. The van der Waals surface area contributed by atoms with Gasteiger partial charge in [0, 0.05) is 60.4 Å². The Hall–Kier alpha value is -2.22. The van der Waals surface area contributed by atoms with E-state index in [9.17, 15) is 26.3 Å². The lowest BCUT2D eigenvalue weighted by Crippen LogP contribution is -2.38. The highest BCUT2D eigenvalue weighted by molar-refractivity contribution is 5.21. The predicted molar refractivity (Wildman–Crippen MR) is 250 cm³/mol. The van der Waals surface area contributed by atoms with Crippen LogP contribution in [0.25, 0.3) is 0 Å². The third kappa shape index (κ3) is 43.9. The number of hydrogen-bond donors (Lipinski definition) is 6. The molecule has 0 unspecified atom stereocenters. The Morgan fingerprint density at radius 1 is 0.333 bits per heavy atom. The van der Waals surface area contributed by atoms with Crippen molar-refractivity contribution < 1.29 is 26.3 Å². The Kier molecular flexibility index (Phi) is 38.9. The summed E-state index contributed by atoms with van der Waals surface area (Å²) >= 11 is 0. The minimum absolute atomic E-state index is 0.211. The van der Waals surface area contributed by atoms with Gasteiger partial charge in [0.15, 0.2) is 0 Å². The zero-order chi connectivity index (χ0) is 47.8. The molecule has 0 aromatic heterocycles. The van der Waals surface area contributed by atoms with Crippen LogP contribution in [0, 0.1) is 0 Å². The minimum Gasteiger partial charge on any atom is -0.312 e. The zero-order valence-corrected chi connectivity index (χ0v) is 41.4. The lowest BCUT2D eigenvalue weighted by molar-refractivity contribution is -0.159. The van der Waals surface area contributed by atoms with Crippen molar-refractivity contribution in [2.24, 2.45) is 0 Å². The van der Waals surface area contributed by atoms with Crippen molar-refractivity contribution in [3.8, 4) is 0 Å². The van der Waals surface area contributed by atoms with Gasteiger partial charge in [-0.05, 0) is 37.8 Å². The lowest BCUT2D eigenvalue weighted by atomic mass is 10.1. The third-order valence-corrected chi connectivity index (χ3v) is 7.71. The largest absolute Gasteiger partial charge is 0.407 e. The highest BCUT2D eigenvalue weighted by Gasteiger charge is 2.41. The maximum absolute atomic E-state index is 12.7. The van der Waals surface area contributed by atoms with Gasteiger partial charge in [0.05, 0.1) is 0 Å². The van der Waals surface area contributed by atoms with Gasteiger partial charge >= 0.3 is 12.4 Å². The highest BCUT2D eigenvalue weighted by Crippen LogP contribution is 2.33. The molecule has 0 heterocycles. The molecule has 0 spiro atoms. The van der Waals surface area contributed by atoms with Crippen molar-refractivity contribution in [1.29, 1.82) is 0 Å². The van der Waals surface area contributed by atoms with Crippen LogP contribution in [0.3, 0.4) is 0 Å². The van der Waals surface area contributed by atoms with Crippen LogP contribution in [0.4, 0.5) is 26.3 Å². The van der Waals surface area contributed by atoms with Gasteiger partial charge in [-0.3, -0.25) is 0 Å². The van der Waals surface area contributed by atoms with E-state index in [0.717, 1.165) is 0 Å². The summed E-state index contributed by atoms with van der Waals surface area (Å²) in [6, 6.07) is 17.3. The van der Waals surface area contributed by atoms with E-state index in [0.29, 0.717) is 48.3 Å². The quantitative estimate of drug-likeness (QED) is 0.0945. The fourth-order valence-corrected chi connectivity index (χ4v) is 5.42. The van der Waals surface area contributed by atoms with Gasteiger partial charge in [-0.25, -0.2) is 0 Å². The molecule has 0 aliphatic heterocycles. The molecule has 0 bridgehead atoms. The monoisotopic (exact) mass is 867 g/mol. The highest BCUT2D eigenvalue weighted by atomic mass is 19.4. The van der Waals surface area contributed by atoms with E-state index in [2.05, 4.69) is 143 Å². The molecule has 0 saturated heterocycles. The first-order valence-corrected chi connectivity index (χ1v) is 22.2. The van der Waals surface area contributed by atoms with Gasteiger partial charge in [-0.1, -0.05) is 185 Å². The molecular formula is C48H92F6N6. The summed E-state index contributed by atoms with van der Waals surface area (Å²) in [5, 5.41) is 18.4. The predicted octanol–water partition coefficient (Wildman–Crippen LogP) is 12.9. The van der Waals surface area contributed by atoms with Crippen LogP contribution in [0.5, 0.6) is 0 Å². The maximum atomic E-state index is 12.7. The number of nitrogens with one attached hydrogen (secondary N) is 6. The van der Waals surface area contributed by atoms with Crippen molar-refractivity contribution in [2.45, 2.75) is 236 Å². The number of alkyl halides is 6. The van der Waals surface area contributed by atoms with E-state index in [1.807, 2.05) is 0 Å². The number of benzene rings is 2. The molecule has 0 saturated carbocycles. The van der Waals surface area contributed by atoms with Gasteiger partial charge in [0.1, 0.15) is 12.1 Å². The van der Waals surface area contributed by atoms with Crippen molar-refractivity contribution in [2.75, 3.05) is 0 Å². The molecule has 356 valence electrons. The third-order valence-electron chi connectivity index (χ3n) is 7.71. The molecule has 2 aromatic rings. The fraction of sp³-hybridized carbons (Fsp3) is 0.750. The summed E-state index contributed by atoms with van der Waals surface area (Å²) in [5.41, 5.74) is 0.498. The molecule has 0 aliphatic rings. The van der Waals surface area contributed by atoms with Crippen LogP contribution in [0.2, 0.25) is 0 Å². The average Bonchev–Trinajstić information content (AvgIpc) is 3.09. The average molecular weight is 867 g/mol. The molecule has 4 atom stereocenters. The first-order valence-electron chi connectivity index (χ1n) is 22.2. The van der Waals surface area contributed by atoms with Gasteiger partial charge in [-0.15, -0.1) is 0 Å². The fourth-order valence-electron chi connectivity index (χ4n) is 5.42. The van der Waals surface area contributed by atoms with E-state index < -0.39 is 24.4 Å². The van der Waals surface area contributed by atoms with Gasteiger partial charge < -0.3 is 31.9 Å². The summed E-state index contributed by atoms with van der Waals surface area (Å²) in [7, 11) is 0. The van der Waals surface area contributed by atoms with E-state index >= 15 is 0 Å². The zero-order valence-electron chi connectivity index (χ0n) is 41.4. The van der Waals surface area contributed by atoms with Crippen LogP contribution < -0.4 is 31.9 Å². The minimum atomic E-state index is -4.26. The van der Waals surface area contributed by atoms with Gasteiger partial charge in [0.25, 0.3) is 0 Å². The molecule has 0 fully saturated rings. The van der Waals surface area contributed by atoms with Crippen LogP contribution in [0.1, 0.15) is 175 Å². The Morgan fingerprint density at radius 3 is 0.650 bits per heavy atom. The Morgan fingerprint density at radius 2 is 0.533 bits per heavy atom. The smallest absolute Gasteiger partial charge is 0.312 e. The SMILES string of the molecule is CC(C)NC(C)C.CC(C)NC(C)C.CC(C)N[C@@H](c1ccccc1)C(F)(F)F.CC(C)N[C@H](c1ccccc1)C(F)(F)F.CC[C@@H](C)NC(C)C.CC[C@H](C)NC(C)C. The molecule has 0 radical (unpaired) electrons. The standard InChI is InChI=1S/2C11H14F3N.2C7H17N.2C6H15N/c2*1-8(2)15-10(11(12,13)14)9-6-4-3-5-7-9;2*1-5-7(4)8-6(2)3;2*1-5(2)7-6(3)4/h2*3-8,10,15H,1-2H3;2*6-8H,5H2,1-4H3;2*5-7H,1-4H3/t2*10-;2*7-;;/m1010../s1. The van der Waals surface area contributed by atoms with E-state index in [1.54, 1.807) is 64.1 Å². The van der Waals surface area contributed by atoms with Crippen LogP contribution in [0.15, 0.2) is 60.7 Å². The van der Waals surface area contributed by atoms with Crippen LogP contribution in [-0.4, -0.2) is 72.8 Å². The number of rotatable bonds is 16. The summed E-state index contributed by atoms with van der Waals surface area (Å²) < 4.78 is 76.2. The molecule has 12 heteroatoms. The van der Waals surface area contributed by atoms with Crippen LogP contribution >= 0.6 is 0 Å². The topological polar surface area (TPSA) is 72.2 Å². The van der Waals surface area contributed by atoms with Gasteiger partial charge in [-0.2, -0.15) is 26.3 Å². The van der Waals surface area contributed by atoms with Crippen LogP contribution in [-0.2, 0) is 0 Å². The van der Waals surface area contributed by atoms with Crippen molar-refractivity contribution in [1.82, 2.24) is 31.9 Å². The lowest BCUT2D eigenvalue weighted by Gasteiger charge is -2.24. The second-order valence-corrected chi connectivity index (χ2v) is 17.6. The number of halogens is 6. The first kappa shape index (κ1) is 64.4. The molecule has 6 nitrogen and oxygen atoms in total. The molecule has 0 amide bonds. The second-order valence-electron chi connectivity index (χ2n) is 17.6. The molecule has 0 aliphatic carbocycles. The van der Waals surface area contributed by atoms with E-state index in [1.165, 1.54) is 37.1 Å². The van der Waals surface area contributed by atoms with Crippen molar-refractivity contribution >= 4 is 0 Å². The number of hydrogen-bond acceptors (Lipinski definition) is 6. The molecular weight excluding hydrogens is 775 g/mol. The van der Waals surface area contributed by atoms with Crippen molar-refractivity contribution in [3.05, 3.63) is 71.8 Å². The molecule has 2 aromatic carbocycles. The van der Waals surface area contributed by atoms with Gasteiger partial charge in [0.2, 0.25) is 0 Å². The Labute approximate surface area is 365 Å². The normalized spacial score (nSPS) is 13.6. The Bertz CT molecular complexity index is 1080. The summed E-state index contributed by atoms with van der Waals surface area (Å²) in [6.45, 7) is 41.5. The molecule has 60 heavy (non-hydrogen) atoms. The van der Waals surface area contributed by atoms with Crippen molar-refractivity contribution in [3.63, 3.8) is 0 Å². The summed E-state index contributed by atoms with van der Waals surface area (Å²) in [5.74, 6) is 0. The summed E-state index contributed by atoms with van der Waals surface area (Å²) in [4.78, 5) is 0. The first-order chi connectivity index (χ1) is 27.4. The second kappa shape index (κ2) is 36.3. The molecule has 2 rings (SSSR count). The Balaban J connectivity index is -0.000000325. The van der Waals surface area contributed by atoms with E-state index in [-0.39, 0.29) is 23.2 Å². The molecule has 6 N–H and O–H groups in total.